The lowest BCUT2D eigenvalue weighted by Gasteiger charge is -2.17. The number of rotatable bonds is 5. The SMILES string of the molecule is COc1cccc(OC)c1[C@H](O)CCN. The summed E-state index contributed by atoms with van der Waals surface area (Å²) < 4.78 is 10.3. The minimum absolute atomic E-state index is 0.419. The van der Waals surface area contributed by atoms with Gasteiger partial charge in [-0.3, -0.25) is 0 Å². The summed E-state index contributed by atoms with van der Waals surface area (Å²) in [5, 5.41) is 9.90. The summed E-state index contributed by atoms with van der Waals surface area (Å²) in [5.41, 5.74) is 6.07. The van der Waals surface area contributed by atoms with Gasteiger partial charge in [0.05, 0.1) is 25.9 Å². The molecular formula is C11H17NO3. The first kappa shape index (κ1) is 11.8. The van der Waals surface area contributed by atoms with Gasteiger partial charge in [0.15, 0.2) is 0 Å². The third-order valence-corrected chi connectivity index (χ3v) is 2.24. The smallest absolute Gasteiger partial charge is 0.128 e. The molecule has 4 heteroatoms. The van der Waals surface area contributed by atoms with E-state index in [1.165, 1.54) is 0 Å². The Kier molecular flexibility index (Phi) is 4.39. The van der Waals surface area contributed by atoms with E-state index in [-0.39, 0.29) is 0 Å². The van der Waals surface area contributed by atoms with Crippen LogP contribution < -0.4 is 15.2 Å². The molecule has 0 amide bonds. The van der Waals surface area contributed by atoms with Crippen LogP contribution in [0.4, 0.5) is 0 Å². The maximum Gasteiger partial charge on any atom is 0.128 e. The first-order valence-corrected chi connectivity index (χ1v) is 4.83. The Morgan fingerprint density at radius 2 is 1.80 bits per heavy atom. The van der Waals surface area contributed by atoms with Gasteiger partial charge in [-0.1, -0.05) is 6.07 Å². The van der Waals surface area contributed by atoms with Crippen LogP contribution in [0.5, 0.6) is 11.5 Å². The molecular weight excluding hydrogens is 194 g/mol. The van der Waals surface area contributed by atoms with E-state index in [0.717, 1.165) is 0 Å². The monoisotopic (exact) mass is 211 g/mol. The van der Waals surface area contributed by atoms with Crippen LogP contribution in [0.15, 0.2) is 18.2 Å². The molecule has 0 saturated heterocycles. The van der Waals surface area contributed by atoms with Crippen LogP contribution in [0.3, 0.4) is 0 Å². The standard InChI is InChI=1S/C11H17NO3/c1-14-9-4-3-5-10(15-2)11(9)8(13)6-7-12/h3-5,8,13H,6-7,12H2,1-2H3/t8-/m1/s1. The fourth-order valence-corrected chi connectivity index (χ4v) is 1.51. The van der Waals surface area contributed by atoms with Gasteiger partial charge in [0, 0.05) is 0 Å². The van der Waals surface area contributed by atoms with Gasteiger partial charge in [0.2, 0.25) is 0 Å². The maximum absolute atomic E-state index is 9.90. The normalized spacial score (nSPS) is 12.3. The van der Waals surface area contributed by atoms with Crippen molar-refractivity contribution in [1.82, 2.24) is 0 Å². The van der Waals surface area contributed by atoms with Crippen molar-refractivity contribution >= 4 is 0 Å². The molecule has 3 N–H and O–H groups in total. The van der Waals surface area contributed by atoms with Crippen LogP contribution in [0, 0.1) is 0 Å². The lowest BCUT2D eigenvalue weighted by molar-refractivity contribution is 0.161. The van der Waals surface area contributed by atoms with Crippen LogP contribution in [0.25, 0.3) is 0 Å². The molecule has 1 atom stereocenters. The second-order valence-electron chi connectivity index (χ2n) is 3.17. The van der Waals surface area contributed by atoms with Crippen molar-refractivity contribution in [2.24, 2.45) is 5.73 Å². The van der Waals surface area contributed by atoms with Crippen LogP contribution in [0.1, 0.15) is 18.1 Å². The Morgan fingerprint density at radius 3 is 2.20 bits per heavy atom. The van der Waals surface area contributed by atoms with Crippen molar-refractivity contribution in [2.75, 3.05) is 20.8 Å². The van der Waals surface area contributed by atoms with Gasteiger partial charge in [-0.2, -0.15) is 0 Å². The van der Waals surface area contributed by atoms with Crippen molar-refractivity contribution in [3.8, 4) is 11.5 Å². The second kappa shape index (κ2) is 5.58. The molecule has 0 spiro atoms. The summed E-state index contributed by atoms with van der Waals surface area (Å²) >= 11 is 0. The van der Waals surface area contributed by atoms with Crippen molar-refractivity contribution in [2.45, 2.75) is 12.5 Å². The average Bonchev–Trinajstić information content (AvgIpc) is 2.28. The zero-order valence-corrected chi connectivity index (χ0v) is 9.06. The van der Waals surface area contributed by atoms with Gasteiger partial charge in [0.1, 0.15) is 11.5 Å². The molecule has 0 heterocycles. The summed E-state index contributed by atoms with van der Waals surface area (Å²) in [6.07, 6.45) is -0.169. The molecule has 15 heavy (non-hydrogen) atoms. The molecule has 1 aromatic rings. The Labute approximate surface area is 89.6 Å². The predicted molar refractivity (Wildman–Crippen MR) is 58.2 cm³/mol. The Hall–Kier alpha value is -1.26. The number of hydrogen-bond donors (Lipinski definition) is 2. The lowest BCUT2D eigenvalue weighted by atomic mass is 10.0. The fourth-order valence-electron chi connectivity index (χ4n) is 1.51. The van der Waals surface area contributed by atoms with Crippen molar-refractivity contribution in [3.05, 3.63) is 23.8 Å². The number of hydrogen-bond acceptors (Lipinski definition) is 4. The molecule has 0 saturated carbocycles. The second-order valence-corrected chi connectivity index (χ2v) is 3.17. The van der Waals surface area contributed by atoms with E-state index in [4.69, 9.17) is 15.2 Å². The van der Waals surface area contributed by atoms with Crippen LogP contribution in [-0.2, 0) is 0 Å². The average molecular weight is 211 g/mol. The van der Waals surface area contributed by atoms with Gasteiger partial charge >= 0.3 is 0 Å². The molecule has 0 aliphatic carbocycles. The molecule has 1 rings (SSSR count). The first-order valence-electron chi connectivity index (χ1n) is 4.83. The molecule has 0 bridgehead atoms. The highest BCUT2D eigenvalue weighted by Gasteiger charge is 2.17. The summed E-state index contributed by atoms with van der Waals surface area (Å²) in [7, 11) is 3.13. The van der Waals surface area contributed by atoms with E-state index in [2.05, 4.69) is 0 Å². The van der Waals surface area contributed by atoms with Crippen LogP contribution in [-0.4, -0.2) is 25.9 Å². The molecule has 1 aromatic carbocycles. The first-order chi connectivity index (χ1) is 7.24. The van der Waals surface area contributed by atoms with E-state index < -0.39 is 6.10 Å². The highest BCUT2D eigenvalue weighted by molar-refractivity contribution is 5.46. The van der Waals surface area contributed by atoms with Gasteiger partial charge in [0.25, 0.3) is 0 Å². The van der Waals surface area contributed by atoms with E-state index >= 15 is 0 Å². The van der Waals surface area contributed by atoms with Gasteiger partial charge in [-0.05, 0) is 25.1 Å². The largest absolute Gasteiger partial charge is 0.496 e. The fraction of sp³-hybridized carbons (Fsp3) is 0.455. The van der Waals surface area contributed by atoms with Crippen molar-refractivity contribution in [3.63, 3.8) is 0 Å². The number of aliphatic hydroxyl groups excluding tert-OH is 1. The Balaban J connectivity index is 3.09. The quantitative estimate of drug-likeness (QED) is 0.765. The molecule has 4 nitrogen and oxygen atoms in total. The lowest BCUT2D eigenvalue weighted by Crippen LogP contribution is -2.09. The predicted octanol–water partition coefficient (Wildman–Crippen LogP) is 1.09. The Bertz CT molecular complexity index is 292. The van der Waals surface area contributed by atoms with Crippen molar-refractivity contribution in [1.29, 1.82) is 0 Å². The molecule has 0 aliphatic heterocycles. The topological polar surface area (TPSA) is 64.7 Å². The molecule has 0 aliphatic rings. The third-order valence-electron chi connectivity index (χ3n) is 2.24. The zero-order valence-electron chi connectivity index (χ0n) is 9.06. The van der Waals surface area contributed by atoms with Gasteiger partial charge in [-0.15, -0.1) is 0 Å². The molecule has 0 radical (unpaired) electrons. The van der Waals surface area contributed by atoms with E-state index in [1.54, 1.807) is 26.4 Å². The number of benzene rings is 1. The summed E-state index contributed by atoms with van der Waals surface area (Å²) in [5.74, 6) is 1.24. The number of ether oxygens (including phenoxy) is 2. The zero-order chi connectivity index (χ0) is 11.3. The Morgan fingerprint density at radius 1 is 1.27 bits per heavy atom. The summed E-state index contributed by atoms with van der Waals surface area (Å²) in [6.45, 7) is 0.419. The van der Waals surface area contributed by atoms with E-state index in [0.29, 0.717) is 30.0 Å². The van der Waals surface area contributed by atoms with E-state index in [9.17, 15) is 5.11 Å². The minimum Gasteiger partial charge on any atom is -0.496 e. The van der Waals surface area contributed by atoms with Crippen LogP contribution >= 0.6 is 0 Å². The molecule has 0 aromatic heterocycles. The third kappa shape index (κ3) is 2.61. The summed E-state index contributed by atoms with van der Waals surface area (Å²) in [6, 6.07) is 5.39. The van der Waals surface area contributed by atoms with Gasteiger partial charge < -0.3 is 20.3 Å². The molecule has 84 valence electrons. The number of methoxy groups -OCH3 is 2. The highest BCUT2D eigenvalue weighted by Crippen LogP contribution is 2.34. The summed E-state index contributed by atoms with van der Waals surface area (Å²) in [4.78, 5) is 0. The minimum atomic E-state index is -0.652. The van der Waals surface area contributed by atoms with E-state index in [1.807, 2.05) is 6.07 Å². The maximum atomic E-state index is 9.90. The molecule has 0 unspecified atom stereocenters. The number of nitrogens with two attached hydrogens (primary N) is 1. The highest BCUT2D eigenvalue weighted by atomic mass is 16.5. The van der Waals surface area contributed by atoms with Crippen LogP contribution in [0.2, 0.25) is 0 Å². The molecule has 0 fully saturated rings. The number of aliphatic hydroxyl groups is 1. The van der Waals surface area contributed by atoms with Gasteiger partial charge in [-0.25, -0.2) is 0 Å². The van der Waals surface area contributed by atoms with Crippen molar-refractivity contribution < 1.29 is 14.6 Å².